The van der Waals surface area contributed by atoms with Crippen LogP contribution in [0.15, 0.2) is 61.1 Å². The number of hydrogen-bond acceptors (Lipinski definition) is 2. The second kappa shape index (κ2) is 5.46. The molecule has 0 aliphatic rings. The van der Waals surface area contributed by atoms with Gasteiger partial charge in [0.2, 0.25) is 0 Å². The van der Waals surface area contributed by atoms with Crippen LogP contribution in [0.5, 0.6) is 0 Å². The van der Waals surface area contributed by atoms with Crippen molar-refractivity contribution in [1.82, 2.24) is 9.55 Å². The summed E-state index contributed by atoms with van der Waals surface area (Å²) in [5, 5.41) is 0. The van der Waals surface area contributed by atoms with Crippen molar-refractivity contribution in [2.45, 2.75) is 6.04 Å². The Morgan fingerprint density at radius 2 is 1.67 bits per heavy atom. The molecule has 2 N–H and O–H groups in total. The van der Waals surface area contributed by atoms with Gasteiger partial charge in [-0.25, -0.2) is 13.8 Å². The van der Waals surface area contributed by atoms with E-state index >= 15 is 0 Å². The van der Waals surface area contributed by atoms with Gasteiger partial charge in [-0.05, 0) is 17.7 Å². The summed E-state index contributed by atoms with van der Waals surface area (Å²) in [7, 11) is 0. The zero-order valence-corrected chi connectivity index (χ0v) is 11.1. The molecule has 1 aromatic heterocycles. The van der Waals surface area contributed by atoms with Crippen molar-refractivity contribution in [2.75, 3.05) is 0 Å². The van der Waals surface area contributed by atoms with Crippen LogP contribution < -0.4 is 5.73 Å². The summed E-state index contributed by atoms with van der Waals surface area (Å²) in [6.45, 7) is 0. The molecule has 3 aromatic rings. The van der Waals surface area contributed by atoms with Crippen molar-refractivity contribution in [3.05, 3.63) is 83.9 Å². The average molecular weight is 285 g/mol. The maximum atomic E-state index is 13.4. The molecule has 5 heteroatoms. The summed E-state index contributed by atoms with van der Waals surface area (Å²) >= 11 is 0. The van der Waals surface area contributed by atoms with Crippen LogP contribution in [0.1, 0.15) is 17.3 Å². The van der Waals surface area contributed by atoms with Gasteiger partial charge in [-0.3, -0.25) is 0 Å². The highest BCUT2D eigenvalue weighted by Crippen LogP contribution is 2.23. The third-order valence-electron chi connectivity index (χ3n) is 3.27. The van der Waals surface area contributed by atoms with Crippen molar-refractivity contribution in [1.29, 1.82) is 0 Å². The number of imidazole rings is 1. The average Bonchev–Trinajstić information content (AvgIpc) is 2.96. The first-order valence-corrected chi connectivity index (χ1v) is 6.44. The van der Waals surface area contributed by atoms with Crippen LogP contribution in [-0.2, 0) is 0 Å². The van der Waals surface area contributed by atoms with Gasteiger partial charge in [0, 0.05) is 6.07 Å². The lowest BCUT2D eigenvalue weighted by Gasteiger charge is -2.15. The van der Waals surface area contributed by atoms with E-state index in [0.717, 1.165) is 11.6 Å². The van der Waals surface area contributed by atoms with E-state index in [0.29, 0.717) is 11.4 Å². The molecular weight excluding hydrogens is 272 g/mol. The molecule has 1 unspecified atom stereocenters. The van der Waals surface area contributed by atoms with Crippen LogP contribution in [0.25, 0.3) is 5.69 Å². The molecule has 0 radical (unpaired) electrons. The van der Waals surface area contributed by atoms with E-state index in [9.17, 15) is 8.78 Å². The smallest absolute Gasteiger partial charge is 0.128 e. The number of benzene rings is 2. The van der Waals surface area contributed by atoms with Crippen LogP contribution in [0.2, 0.25) is 0 Å². The van der Waals surface area contributed by atoms with Crippen LogP contribution >= 0.6 is 0 Å². The lowest BCUT2D eigenvalue weighted by atomic mass is 10.1. The summed E-state index contributed by atoms with van der Waals surface area (Å²) in [6.07, 6.45) is 3.09. The molecule has 0 spiro atoms. The Balaban J connectivity index is 2.05. The molecule has 0 fully saturated rings. The highest BCUT2D eigenvalue weighted by atomic mass is 19.1. The van der Waals surface area contributed by atoms with Crippen LogP contribution in [0.3, 0.4) is 0 Å². The minimum atomic E-state index is -0.641. The largest absolute Gasteiger partial charge is 0.319 e. The van der Waals surface area contributed by atoms with E-state index < -0.39 is 17.7 Å². The molecule has 0 aliphatic heterocycles. The van der Waals surface area contributed by atoms with Crippen molar-refractivity contribution < 1.29 is 8.78 Å². The van der Waals surface area contributed by atoms with Crippen molar-refractivity contribution >= 4 is 0 Å². The van der Waals surface area contributed by atoms with Gasteiger partial charge in [0.05, 0.1) is 29.9 Å². The van der Waals surface area contributed by atoms with Gasteiger partial charge in [0.1, 0.15) is 11.6 Å². The van der Waals surface area contributed by atoms with Gasteiger partial charge in [-0.1, -0.05) is 30.3 Å². The highest BCUT2D eigenvalue weighted by molar-refractivity contribution is 5.37. The predicted molar refractivity (Wildman–Crippen MR) is 76.0 cm³/mol. The van der Waals surface area contributed by atoms with Crippen molar-refractivity contribution in [3.8, 4) is 5.69 Å². The Labute approximate surface area is 120 Å². The second-order valence-electron chi connectivity index (χ2n) is 4.70. The molecule has 2 aromatic carbocycles. The first-order valence-electron chi connectivity index (χ1n) is 6.44. The van der Waals surface area contributed by atoms with Gasteiger partial charge in [-0.15, -0.1) is 0 Å². The topological polar surface area (TPSA) is 43.8 Å². The first kappa shape index (κ1) is 13.5. The van der Waals surface area contributed by atoms with E-state index in [2.05, 4.69) is 4.98 Å². The lowest BCUT2D eigenvalue weighted by molar-refractivity contribution is 0.581. The zero-order valence-electron chi connectivity index (χ0n) is 11.1. The second-order valence-corrected chi connectivity index (χ2v) is 4.70. The predicted octanol–water partition coefficient (Wildman–Crippen LogP) is 3.20. The van der Waals surface area contributed by atoms with E-state index in [1.807, 2.05) is 30.3 Å². The van der Waals surface area contributed by atoms with E-state index in [1.54, 1.807) is 10.8 Å². The fourth-order valence-corrected chi connectivity index (χ4v) is 2.26. The number of hydrogen-bond donors (Lipinski definition) is 1. The third kappa shape index (κ3) is 2.68. The Kier molecular flexibility index (Phi) is 3.50. The molecule has 106 valence electrons. The van der Waals surface area contributed by atoms with Crippen molar-refractivity contribution in [2.24, 2.45) is 5.73 Å². The Bertz CT molecular complexity index is 733. The molecule has 0 aliphatic carbocycles. The molecule has 1 heterocycles. The molecule has 0 amide bonds. The standard InChI is InChI=1S/C16H13F2N3/c17-12-6-13(18)8-14(7-12)21-10-20-9-15(21)16(19)11-4-2-1-3-5-11/h1-10,16H,19H2. The molecule has 0 saturated carbocycles. The third-order valence-corrected chi connectivity index (χ3v) is 3.27. The minimum Gasteiger partial charge on any atom is -0.319 e. The van der Waals surface area contributed by atoms with Gasteiger partial charge in [-0.2, -0.15) is 0 Å². The van der Waals surface area contributed by atoms with Gasteiger partial charge >= 0.3 is 0 Å². The summed E-state index contributed by atoms with van der Waals surface area (Å²) in [4.78, 5) is 4.04. The van der Waals surface area contributed by atoms with Gasteiger partial charge in [0.15, 0.2) is 0 Å². The Morgan fingerprint density at radius 3 is 2.33 bits per heavy atom. The molecular formula is C16H13F2N3. The summed E-state index contributed by atoms with van der Waals surface area (Å²) in [5.41, 5.74) is 8.14. The van der Waals surface area contributed by atoms with Crippen LogP contribution in [-0.4, -0.2) is 9.55 Å². The number of nitrogens with two attached hydrogens (primary N) is 1. The molecule has 21 heavy (non-hydrogen) atoms. The van der Waals surface area contributed by atoms with Crippen LogP contribution in [0, 0.1) is 11.6 Å². The fraction of sp³-hybridized carbons (Fsp3) is 0.0625. The normalized spacial score (nSPS) is 12.3. The lowest BCUT2D eigenvalue weighted by Crippen LogP contribution is -2.15. The molecule has 3 nitrogen and oxygen atoms in total. The van der Waals surface area contributed by atoms with E-state index in [4.69, 9.17) is 5.73 Å². The maximum Gasteiger partial charge on any atom is 0.128 e. The summed E-state index contributed by atoms with van der Waals surface area (Å²) < 4.78 is 28.3. The fourth-order valence-electron chi connectivity index (χ4n) is 2.26. The SMILES string of the molecule is NC(c1ccccc1)c1cncn1-c1cc(F)cc(F)c1. The van der Waals surface area contributed by atoms with Gasteiger partial charge in [0.25, 0.3) is 0 Å². The molecule has 1 atom stereocenters. The number of nitrogens with zero attached hydrogens (tertiary/aromatic N) is 2. The number of rotatable bonds is 3. The highest BCUT2D eigenvalue weighted by Gasteiger charge is 2.15. The quantitative estimate of drug-likeness (QED) is 0.803. The molecule has 0 bridgehead atoms. The number of aromatic nitrogens is 2. The summed E-state index contributed by atoms with van der Waals surface area (Å²) in [5.74, 6) is -1.28. The first-order chi connectivity index (χ1) is 10.1. The minimum absolute atomic E-state index is 0.353. The molecule has 0 saturated heterocycles. The van der Waals surface area contributed by atoms with Gasteiger partial charge < -0.3 is 10.3 Å². The van der Waals surface area contributed by atoms with E-state index in [-0.39, 0.29) is 0 Å². The summed E-state index contributed by atoms with van der Waals surface area (Å²) in [6, 6.07) is 12.3. The Hall–Kier alpha value is -2.53. The van der Waals surface area contributed by atoms with E-state index in [1.165, 1.54) is 18.5 Å². The monoisotopic (exact) mass is 285 g/mol. The van der Waals surface area contributed by atoms with Crippen LogP contribution in [0.4, 0.5) is 8.78 Å². The number of halogens is 2. The molecule has 3 rings (SSSR count). The van der Waals surface area contributed by atoms with Crippen molar-refractivity contribution in [3.63, 3.8) is 0 Å². The Morgan fingerprint density at radius 1 is 1.00 bits per heavy atom. The zero-order chi connectivity index (χ0) is 14.8. The maximum absolute atomic E-state index is 13.4.